The van der Waals surface area contributed by atoms with Crippen molar-refractivity contribution in [1.82, 2.24) is 4.57 Å². The average molecular weight is 319 g/mol. The fourth-order valence-corrected chi connectivity index (χ4v) is 2.68. The molecule has 106 valence electrons. The van der Waals surface area contributed by atoms with Crippen LogP contribution in [0.5, 0.6) is 0 Å². The van der Waals surface area contributed by atoms with Gasteiger partial charge in [-0.25, -0.2) is 0 Å². The Morgan fingerprint density at radius 2 is 1.86 bits per heavy atom. The van der Waals surface area contributed by atoms with E-state index in [-0.39, 0.29) is 5.91 Å². The number of rotatable bonds is 2. The summed E-state index contributed by atoms with van der Waals surface area (Å²) in [5, 5.41) is 4.57. The van der Waals surface area contributed by atoms with Gasteiger partial charge in [0.2, 0.25) is 0 Å². The van der Waals surface area contributed by atoms with E-state index in [1.165, 1.54) is 0 Å². The first-order valence-corrected chi connectivity index (χ1v) is 7.13. The molecule has 0 saturated carbocycles. The van der Waals surface area contributed by atoms with Crippen LogP contribution in [0.3, 0.4) is 0 Å². The summed E-state index contributed by atoms with van der Waals surface area (Å²) in [5.74, 6) is -0.216. The highest BCUT2D eigenvalue weighted by Crippen LogP contribution is 2.30. The fourth-order valence-electron chi connectivity index (χ4n) is 2.33. The van der Waals surface area contributed by atoms with Crippen LogP contribution in [0.15, 0.2) is 48.7 Å². The molecule has 0 aliphatic rings. The number of anilines is 1. The first-order chi connectivity index (χ1) is 10.1. The maximum absolute atomic E-state index is 12.5. The molecule has 3 rings (SSSR count). The van der Waals surface area contributed by atoms with E-state index in [1.54, 1.807) is 24.3 Å². The van der Waals surface area contributed by atoms with Gasteiger partial charge in [0, 0.05) is 18.6 Å². The standard InChI is InChI=1S/C16H12Cl2N2O/c1-20-9-8-10-4-2-5-11(15(10)20)16(21)19-13-7-3-6-12(17)14(13)18/h2-9H,1H3,(H,19,21). The summed E-state index contributed by atoms with van der Waals surface area (Å²) in [6.07, 6.45) is 1.92. The number of hydrogen-bond donors (Lipinski definition) is 1. The zero-order chi connectivity index (χ0) is 15.0. The zero-order valence-corrected chi connectivity index (χ0v) is 12.7. The summed E-state index contributed by atoms with van der Waals surface area (Å²) in [4.78, 5) is 12.5. The Hall–Kier alpha value is -1.97. The van der Waals surface area contributed by atoms with Crippen molar-refractivity contribution in [3.63, 3.8) is 0 Å². The fraction of sp³-hybridized carbons (Fsp3) is 0.0625. The molecule has 1 N–H and O–H groups in total. The Kier molecular flexibility index (Phi) is 3.62. The molecule has 0 radical (unpaired) electrons. The first-order valence-electron chi connectivity index (χ1n) is 6.37. The monoisotopic (exact) mass is 318 g/mol. The number of amides is 1. The number of fused-ring (bicyclic) bond motifs is 1. The number of carbonyl (C=O) groups excluding carboxylic acids is 1. The van der Waals surface area contributed by atoms with E-state index in [9.17, 15) is 4.79 Å². The predicted octanol–water partition coefficient (Wildman–Crippen LogP) is 4.74. The van der Waals surface area contributed by atoms with Gasteiger partial charge in [-0.15, -0.1) is 0 Å². The van der Waals surface area contributed by atoms with Gasteiger partial charge in [0.25, 0.3) is 5.91 Å². The lowest BCUT2D eigenvalue weighted by Gasteiger charge is -2.10. The van der Waals surface area contributed by atoms with E-state index in [0.29, 0.717) is 21.3 Å². The van der Waals surface area contributed by atoms with Crippen LogP contribution >= 0.6 is 23.2 Å². The van der Waals surface area contributed by atoms with Crippen molar-refractivity contribution in [2.45, 2.75) is 0 Å². The van der Waals surface area contributed by atoms with Gasteiger partial charge in [0.15, 0.2) is 0 Å². The molecule has 3 aromatic rings. The summed E-state index contributed by atoms with van der Waals surface area (Å²) in [6, 6.07) is 12.7. The number of para-hydroxylation sites is 1. The number of benzene rings is 2. The number of nitrogens with one attached hydrogen (secondary N) is 1. The maximum atomic E-state index is 12.5. The molecule has 3 nitrogen and oxygen atoms in total. The molecule has 0 aliphatic heterocycles. The van der Waals surface area contributed by atoms with Crippen molar-refractivity contribution < 1.29 is 4.79 Å². The SMILES string of the molecule is Cn1ccc2cccc(C(=O)Nc3cccc(Cl)c3Cl)c21. The molecule has 0 saturated heterocycles. The summed E-state index contributed by atoms with van der Waals surface area (Å²) >= 11 is 12.1. The van der Waals surface area contributed by atoms with Crippen LogP contribution in [-0.4, -0.2) is 10.5 Å². The third-order valence-electron chi connectivity index (χ3n) is 3.34. The van der Waals surface area contributed by atoms with Crippen LogP contribution in [0.2, 0.25) is 10.0 Å². The minimum Gasteiger partial charge on any atom is -0.350 e. The summed E-state index contributed by atoms with van der Waals surface area (Å²) in [6.45, 7) is 0. The van der Waals surface area contributed by atoms with Gasteiger partial charge in [-0.2, -0.15) is 0 Å². The first kappa shape index (κ1) is 14.0. The van der Waals surface area contributed by atoms with E-state index in [1.807, 2.05) is 36.0 Å². The van der Waals surface area contributed by atoms with Gasteiger partial charge in [0.1, 0.15) is 0 Å². The molecule has 5 heteroatoms. The largest absolute Gasteiger partial charge is 0.350 e. The second-order valence-corrected chi connectivity index (χ2v) is 5.51. The van der Waals surface area contributed by atoms with Crippen molar-refractivity contribution in [2.75, 3.05) is 5.32 Å². The highest BCUT2D eigenvalue weighted by molar-refractivity contribution is 6.44. The van der Waals surface area contributed by atoms with E-state index < -0.39 is 0 Å². The number of aromatic nitrogens is 1. The lowest BCUT2D eigenvalue weighted by Crippen LogP contribution is -2.13. The second kappa shape index (κ2) is 5.43. The summed E-state index contributed by atoms with van der Waals surface area (Å²) in [7, 11) is 1.91. The Balaban J connectivity index is 2.01. The molecule has 1 aromatic heterocycles. The Bertz CT molecular complexity index is 839. The normalized spacial score (nSPS) is 10.8. The topological polar surface area (TPSA) is 34.0 Å². The van der Waals surface area contributed by atoms with Crippen LogP contribution < -0.4 is 5.32 Å². The van der Waals surface area contributed by atoms with Crippen molar-refractivity contribution in [3.8, 4) is 0 Å². The minimum absolute atomic E-state index is 0.216. The number of aryl methyl sites for hydroxylation is 1. The lowest BCUT2D eigenvalue weighted by molar-refractivity contribution is 0.102. The van der Waals surface area contributed by atoms with Crippen LogP contribution in [-0.2, 0) is 7.05 Å². The molecule has 0 aliphatic carbocycles. The van der Waals surface area contributed by atoms with Gasteiger partial charge in [-0.3, -0.25) is 4.79 Å². The number of hydrogen-bond acceptors (Lipinski definition) is 1. The van der Waals surface area contributed by atoms with E-state index in [0.717, 1.165) is 10.9 Å². The van der Waals surface area contributed by atoms with Crippen LogP contribution in [0.1, 0.15) is 10.4 Å². The highest BCUT2D eigenvalue weighted by Gasteiger charge is 2.14. The minimum atomic E-state index is -0.216. The van der Waals surface area contributed by atoms with Gasteiger partial charge in [-0.1, -0.05) is 41.4 Å². The number of nitrogens with zero attached hydrogens (tertiary/aromatic N) is 1. The van der Waals surface area contributed by atoms with E-state index >= 15 is 0 Å². The smallest absolute Gasteiger partial charge is 0.257 e. The molecule has 0 fully saturated rings. The maximum Gasteiger partial charge on any atom is 0.257 e. The zero-order valence-electron chi connectivity index (χ0n) is 11.2. The van der Waals surface area contributed by atoms with Gasteiger partial charge >= 0.3 is 0 Å². The average Bonchev–Trinajstić information content (AvgIpc) is 2.85. The number of halogens is 2. The molecule has 1 heterocycles. The van der Waals surface area contributed by atoms with Crippen molar-refractivity contribution in [3.05, 3.63) is 64.3 Å². The van der Waals surface area contributed by atoms with E-state index in [4.69, 9.17) is 23.2 Å². The van der Waals surface area contributed by atoms with Gasteiger partial charge in [0.05, 0.1) is 26.8 Å². The lowest BCUT2D eigenvalue weighted by atomic mass is 10.1. The predicted molar refractivity (Wildman–Crippen MR) is 87.3 cm³/mol. The molecule has 0 spiro atoms. The molecule has 2 aromatic carbocycles. The number of carbonyl (C=O) groups is 1. The van der Waals surface area contributed by atoms with Gasteiger partial charge < -0.3 is 9.88 Å². The Labute approximate surface area is 132 Å². The highest BCUT2D eigenvalue weighted by atomic mass is 35.5. The molecular weight excluding hydrogens is 307 g/mol. The van der Waals surface area contributed by atoms with Crippen molar-refractivity contribution in [1.29, 1.82) is 0 Å². The Morgan fingerprint density at radius 1 is 1.10 bits per heavy atom. The molecule has 1 amide bonds. The third kappa shape index (κ3) is 2.50. The van der Waals surface area contributed by atoms with Gasteiger partial charge in [-0.05, 0) is 24.3 Å². The molecule has 0 bridgehead atoms. The molecule has 21 heavy (non-hydrogen) atoms. The Morgan fingerprint density at radius 3 is 2.67 bits per heavy atom. The molecular formula is C16H12Cl2N2O. The van der Waals surface area contributed by atoms with Crippen LogP contribution in [0, 0.1) is 0 Å². The van der Waals surface area contributed by atoms with Crippen molar-refractivity contribution in [2.24, 2.45) is 7.05 Å². The summed E-state index contributed by atoms with van der Waals surface area (Å²) < 4.78 is 1.92. The molecule has 0 atom stereocenters. The second-order valence-electron chi connectivity index (χ2n) is 4.73. The van der Waals surface area contributed by atoms with Crippen molar-refractivity contribution >= 4 is 45.7 Å². The molecule has 0 unspecified atom stereocenters. The third-order valence-corrected chi connectivity index (χ3v) is 4.16. The van der Waals surface area contributed by atoms with Crippen LogP contribution in [0.25, 0.3) is 10.9 Å². The van der Waals surface area contributed by atoms with Crippen LogP contribution in [0.4, 0.5) is 5.69 Å². The quantitative estimate of drug-likeness (QED) is 0.727. The van der Waals surface area contributed by atoms with E-state index in [2.05, 4.69) is 5.32 Å². The summed E-state index contributed by atoms with van der Waals surface area (Å²) in [5.41, 5.74) is 1.98.